The first-order chi connectivity index (χ1) is 7.78. The highest BCUT2D eigenvalue weighted by atomic mass is 32.3. The lowest BCUT2D eigenvalue weighted by Crippen LogP contribution is -2.44. The van der Waals surface area contributed by atoms with Gasteiger partial charge in [-0.15, -0.1) is 0 Å². The number of rotatable bonds is 5. The molecule has 1 rings (SSSR count). The van der Waals surface area contributed by atoms with Gasteiger partial charge in [-0.2, -0.15) is 12.6 Å². The normalized spacial score (nSPS) is 32.3. The van der Waals surface area contributed by atoms with Crippen LogP contribution in [0.25, 0.3) is 0 Å². The minimum absolute atomic E-state index is 0.0387. The monoisotopic (exact) mass is 292 g/mol. The molecule has 4 atom stereocenters. The first-order valence-electron chi connectivity index (χ1n) is 4.47. The predicted molar refractivity (Wildman–Crippen MR) is 53.5 cm³/mol. The molecule has 3 N–H and O–H groups in total. The molecule has 9 nitrogen and oxygen atoms in total. The van der Waals surface area contributed by atoms with Gasteiger partial charge in [-0.3, -0.25) is 13.3 Å². The van der Waals surface area contributed by atoms with Crippen LogP contribution in [0.5, 0.6) is 0 Å². The van der Waals surface area contributed by atoms with Crippen LogP contribution in [0.1, 0.15) is 6.42 Å². The number of aliphatic hydroxyl groups is 1. The highest BCUT2D eigenvalue weighted by Crippen LogP contribution is 2.19. The summed E-state index contributed by atoms with van der Waals surface area (Å²) in [6, 6.07) is 0. The van der Waals surface area contributed by atoms with Crippen molar-refractivity contribution in [3.05, 3.63) is 0 Å². The van der Waals surface area contributed by atoms with E-state index in [2.05, 4.69) is 8.37 Å². The molecule has 0 bridgehead atoms. The Bertz CT molecular complexity index is 366. The van der Waals surface area contributed by atoms with Gasteiger partial charge < -0.3 is 9.84 Å². The van der Waals surface area contributed by atoms with Crippen molar-refractivity contribution in [3.8, 4) is 0 Å². The van der Waals surface area contributed by atoms with Crippen molar-refractivity contribution >= 4 is 21.8 Å². The maximum absolute atomic E-state index is 10.4. The Morgan fingerprint density at radius 1 is 1.47 bits per heavy atom. The molecule has 17 heavy (non-hydrogen) atoms. The van der Waals surface area contributed by atoms with Crippen LogP contribution < -0.4 is 0 Å². The summed E-state index contributed by atoms with van der Waals surface area (Å²) in [6.07, 6.45) is -2.87. The van der Waals surface area contributed by atoms with Gasteiger partial charge in [0.2, 0.25) is 0 Å². The van der Waals surface area contributed by atoms with E-state index in [1.54, 1.807) is 0 Å². The first kappa shape index (κ1) is 14.9. The summed E-state index contributed by atoms with van der Waals surface area (Å²) in [4.78, 5) is 0. The smallest absolute Gasteiger partial charge is 0.388 e. The molecule has 0 saturated carbocycles. The summed E-state index contributed by atoms with van der Waals surface area (Å²) in [6.45, 7) is -0.662. The van der Waals surface area contributed by atoms with E-state index in [9.17, 15) is 17.7 Å². The predicted octanol–water partition coefficient (Wildman–Crippen LogP) is -1.52. The van der Waals surface area contributed by atoms with Crippen LogP contribution in [0, 0.1) is 0 Å². The van der Waals surface area contributed by atoms with E-state index in [-0.39, 0.29) is 13.0 Å². The Labute approximate surface area is 100 Å². The minimum atomic E-state index is -4.57. The van der Waals surface area contributed by atoms with E-state index >= 15 is 0 Å². The van der Waals surface area contributed by atoms with Crippen molar-refractivity contribution in [2.24, 2.45) is 0 Å². The van der Waals surface area contributed by atoms with E-state index in [1.807, 2.05) is 0 Å². The number of hydrogen-bond acceptors (Lipinski definition) is 7. The third kappa shape index (κ3) is 5.83. The van der Waals surface area contributed by atoms with Crippen molar-refractivity contribution in [2.45, 2.75) is 24.7 Å². The van der Waals surface area contributed by atoms with Gasteiger partial charge in [0.05, 0.1) is 19.3 Å². The lowest BCUT2D eigenvalue weighted by molar-refractivity contribution is -0.120. The molecule has 4 unspecified atom stereocenters. The summed E-state index contributed by atoms with van der Waals surface area (Å²) in [5, 5.41) is 9.36. The molecule has 0 aromatic rings. The molecule has 0 amide bonds. The SMILES string of the molecule is O=S(O)OC1CC(COS(=O)(=O)O)OCC1O. The van der Waals surface area contributed by atoms with Crippen LogP contribution in [-0.2, 0) is 34.9 Å². The van der Waals surface area contributed by atoms with Gasteiger partial charge in [0, 0.05) is 6.42 Å². The first-order valence-corrected chi connectivity index (χ1v) is 6.87. The summed E-state index contributed by atoms with van der Waals surface area (Å²) in [7, 11) is -4.57. The fraction of sp³-hybridized carbons (Fsp3) is 1.00. The standard InChI is InChI=1S/C6H12O9S2/c7-5-3-13-4(2-14-17(10,11)12)1-6(5)15-16(8)9/h4-7H,1-3H2,(H,8,9)(H,10,11,12). The molecule has 1 aliphatic heterocycles. The maximum atomic E-state index is 10.4. The average Bonchev–Trinajstić information content (AvgIpc) is 2.17. The summed E-state index contributed by atoms with van der Waals surface area (Å²) in [5.74, 6) is 0. The number of aliphatic hydroxyl groups excluding tert-OH is 1. The zero-order valence-corrected chi connectivity index (χ0v) is 10.1. The Morgan fingerprint density at radius 2 is 2.12 bits per heavy atom. The van der Waals surface area contributed by atoms with Crippen molar-refractivity contribution in [1.82, 2.24) is 0 Å². The second kappa shape index (κ2) is 6.15. The highest BCUT2D eigenvalue weighted by molar-refractivity contribution is 7.80. The van der Waals surface area contributed by atoms with E-state index < -0.39 is 46.7 Å². The van der Waals surface area contributed by atoms with Crippen LogP contribution in [0.2, 0.25) is 0 Å². The lowest BCUT2D eigenvalue weighted by Gasteiger charge is -2.31. The van der Waals surface area contributed by atoms with Gasteiger partial charge >= 0.3 is 21.8 Å². The van der Waals surface area contributed by atoms with E-state index in [0.29, 0.717) is 0 Å². The quantitative estimate of drug-likeness (QED) is 0.407. The largest absolute Gasteiger partial charge is 0.397 e. The number of hydrogen-bond donors (Lipinski definition) is 3. The van der Waals surface area contributed by atoms with Crippen molar-refractivity contribution in [2.75, 3.05) is 13.2 Å². The molecule has 1 fully saturated rings. The van der Waals surface area contributed by atoms with E-state index in [0.717, 1.165) is 0 Å². The Balaban J connectivity index is 2.46. The van der Waals surface area contributed by atoms with Gasteiger partial charge in [-0.25, -0.2) is 4.18 Å². The molecule has 1 saturated heterocycles. The third-order valence-corrected chi connectivity index (χ3v) is 2.88. The summed E-state index contributed by atoms with van der Waals surface area (Å²) < 4.78 is 61.4. The third-order valence-electron chi connectivity index (χ3n) is 2.04. The van der Waals surface area contributed by atoms with E-state index in [4.69, 9.17) is 13.8 Å². The van der Waals surface area contributed by atoms with Crippen LogP contribution in [0.15, 0.2) is 0 Å². The second-order valence-corrected chi connectivity index (χ2v) is 5.04. The van der Waals surface area contributed by atoms with Crippen molar-refractivity contribution in [1.29, 1.82) is 0 Å². The highest BCUT2D eigenvalue weighted by Gasteiger charge is 2.33. The maximum Gasteiger partial charge on any atom is 0.397 e. The molecular weight excluding hydrogens is 280 g/mol. The molecule has 1 aliphatic rings. The zero-order valence-electron chi connectivity index (χ0n) is 8.46. The van der Waals surface area contributed by atoms with Crippen LogP contribution in [-0.4, -0.2) is 58.4 Å². The number of ether oxygens (including phenoxy) is 1. The summed E-state index contributed by atoms with van der Waals surface area (Å²) >= 11 is -2.54. The van der Waals surface area contributed by atoms with Gasteiger partial charge in [-0.1, -0.05) is 0 Å². The minimum Gasteiger partial charge on any atom is -0.388 e. The molecule has 0 spiro atoms. The second-order valence-electron chi connectivity index (χ2n) is 3.32. The average molecular weight is 292 g/mol. The van der Waals surface area contributed by atoms with Crippen LogP contribution >= 0.6 is 0 Å². The van der Waals surface area contributed by atoms with Gasteiger partial charge in [0.1, 0.15) is 12.2 Å². The van der Waals surface area contributed by atoms with Crippen LogP contribution in [0.3, 0.4) is 0 Å². The molecule has 1 heterocycles. The molecule has 102 valence electrons. The van der Waals surface area contributed by atoms with Crippen molar-refractivity contribution in [3.63, 3.8) is 0 Å². The Kier molecular flexibility index (Phi) is 5.40. The van der Waals surface area contributed by atoms with Crippen LogP contribution in [0.4, 0.5) is 0 Å². The molecule has 0 aliphatic carbocycles. The zero-order chi connectivity index (χ0) is 13.1. The van der Waals surface area contributed by atoms with Gasteiger partial charge in [-0.05, 0) is 0 Å². The van der Waals surface area contributed by atoms with Crippen molar-refractivity contribution < 1.29 is 39.9 Å². The van der Waals surface area contributed by atoms with Gasteiger partial charge in [0.15, 0.2) is 0 Å². The summed E-state index contributed by atoms with van der Waals surface area (Å²) in [5.41, 5.74) is 0. The molecule has 0 radical (unpaired) electrons. The van der Waals surface area contributed by atoms with E-state index in [1.165, 1.54) is 0 Å². The Morgan fingerprint density at radius 3 is 2.65 bits per heavy atom. The Hall–Kier alpha value is -0.140. The fourth-order valence-electron chi connectivity index (χ4n) is 1.31. The molecule has 11 heteroatoms. The fourth-order valence-corrected chi connectivity index (χ4v) is 2.06. The topological polar surface area (TPSA) is 140 Å². The van der Waals surface area contributed by atoms with Gasteiger partial charge in [0.25, 0.3) is 0 Å². The molecular formula is C6H12O9S2. The molecule has 0 aromatic carbocycles. The molecule has 0 aromatic heterocycles. The lowest BCUT2D eigenvalue weighted by atomic mass is 10.0.